The summed E-state index contributed by atoms with van der Waals surface area (Å²) in [5.41, 5.74) is 2.96. The summed E-state index contributed by atoms with van der Waals surface area (Å²) in [4.78, 5) is 24.2. The zero-order valence-electron chi connectivity index (χ0n) is 18.3. The first kappa shape index (κ1) is 22.9. The van der Waals surface area contributed by atoms with E-state index in [0.717, 1.165) is 0 Å². The van der Waals surface area contributed by atoms with Crippen LogP contribution in [0.25, 0.3) is 0 Å². The minimum atomic E-state index is -1.06. The van der Waals surface area contributed by atoms with E-state index in [1.165, 1.54) is 6.08 Å². The Morgan fingerprint density at radius 3 is 2.53 bits per heavy atom. The fourth-order valence-corrected chi connectivity index (χ4v) is 3.57. The molecule has 1 fully saturated rings. The van der Waals surface area contributed by atoms with Crippen LogP contribution in [-0.2, 0) is 19.1 Å². The van der Waals surface area contributed by atoms with Crippen molar-refractivity contribution >= 4 is 11.9 Å². The van der Waals surface area contributed by atoms with Gasteiger partial charge in [-0.2, -0.15) is 5.26 Å². The molecule has 32 heavy (non-hydrogen) atoms. The molecule has 0 N–H and O–H groups in total. The highest BCUT2D eigenvalue weighted by atomic mass is 16.5. The van der Waals surface area contributed by atoms with Crippen molar-refractivity contribution < 1.29 is 23.8 Å². The molecule has 2 aromatic rings. The molecule has 0 aromatic heterocycles. The van der Waals surface area contributed by atoms with Crippen LogP contribution in [0.4, 0.5) is 0 Å². The van der Waals surface area contributed by atoms with Gasteiger partial charge in [0.2, 0.25) is 6.10 Å². The molecule has 0 bridgehead atoms. The van der Waals surface area contributed by atoms with Gasteiger partial charge in [0, 0.05) is 11.5 Å². The standard InChI is InChI=1S/C26H25NO5/c1-4-30-23(28)15-9-14-21-24(26(21,2)3)25(29)32-22(17-27)18-10-8-13-20(16-18)31-19-11-6-5-7-12-19/h5-8,10-16,21-22,24H,4H2,1-3H3/t9?,21-,22-,24+/m1/s1. The van der Waals surface area contributed by atoms with E-state index in [4.69, 9.17) is 14.2 Å². The van der Waals surface area contributed by atoms with Gasteiger partial charge in [-0.1, -0.05) is 44.2 Å². The van der Waals surface area contributed by atoms with E-state index < -0.39 is 24.0 Å². The lowest BCUT2D eigenvalue weighted by atomic mass is 10.1. The minimum absolute atomic E-state index is 0.146. The van der Waals surface area contributed by atoms with Gasteiger partial charge in [-0.3, -0.25) is 4.79 Å². The molecule has 2 aromatic carbocycles. The topological polar surface area (TPSA) is 85.6 Å². The lowest BCUT2D eigenvalue weighted by molar-refractivity contribution is -0.149. The van der Waals surface area contributed by atoms with Crippen LogP contribution in [0, 0.1) is 28.6 Å². The number of rotatable bonds is 8. The molecule has 1 aliphatic carbocycles. The predicted molar refractivity (Wildman–Crippen MR) is 117 cm³/mol. The lowest BCUT2D eigenvalue weighted by Gasteiger charge is -2.13. The fourth-order valence-electron chi connectivity index (χ4n) is 3.57. The molecule has 0 aliphatic heterocycles. The number of para-hydroxylation sites is 1. The van der Waals surface area contributed by atoms with Crippen molar-refractivity contribution in [1.82, 2.24) is 0 Å². The number of nitrogens with zero attached hydrogens (tertiary/aromatic N) is 1. The quantitative estimate of drug-likeness (QED) is 0.327. The van der Waals surface area contributed by atoms with Crippen LogP contribution in [0.5, 0.6) is 11.5 Å². The molecular formula is C26H25NO5. The normalized spacial score (nSPS) is 18.8. The smallest absolute Gasteiger partial charge is 0.338 e. The highest BCUT2D eigenvalue weighted by molar-refractivity contribution is 5.82. The van der Waals surface area contributed by atoms with Crippen molar-refractivity contribution in [3.8, 4) is 17.6 Å². The summed E-state index contributed by atoms with van der Waals surface area (Å²) in [6.45, 7) is 5.87. The van der Waals surface area contributed by atoms with E-state index in [0.29, 0.717) is 17.1 Å². The molecule has 0 spiro atoms. The SMILES string of the molecule is CCOC(=O)C=C=C[C@@H]1[C@@H](C(=O)O[C@H](C#N)c2cccc(Oc3ccccc3)c2)C1(C)C. The highest BCUT2D eigenvalue weighted by Gasteiger charge is 2.61. The third-order valence-corrected chi connectivity index (χ3v) is 5.42. The van der Waals surface area contributed by atoms with Gasteiger partial charge in [-0.25, -0.2) is 4.79 Å². The van der Waals surface area contributed by atoms with Gasteiger partial charge in [-0.05, 0) is 42.7 Å². The number of nitriles is 1. The van der Waals surface area contributed by atoms with Crippen molar-refractivity contribution in [1.29, 1.82) is 5.26 Å². The van der Waals surface area contributed by atoms with Gasteiger partial charge < -0.3 is 14.2 Å². The summed E-state index contributed by atoms with van der Waals surface area (Å²) in [5, 5.41) is 9.62. The average Bonchev–Trinajstić information content (AvgIpc) is 3.33. The minimum Gasteiger partial charge on any atom is -0.462 e. The van der Waals surface area contributed by atoms with Gasteiger partial charge in [0.25, 0.3) is 0 Å². The molecule has 0 heterocycles. The monoisotopic (exact) mass is 431 g/mol. The molecule has 3 rings (SSSR count). The van der Waals surface area contributed by atoms with Crippen LogP contribution < -0.4 is 4.74 Å². The maximum Gasteiger partial charge on any atom is 0.338 e. The summed E-state index contributed by atoms with van der Waals surface area (Å²) < 4.78 is 16.2. The summed E-state index contributed by atoms with van der Waals surface area (Å²) in [5.74, 6) is -0.307. The lowest BCUT2D eigenvalue weighted by Crippen LogP contribution is -2.14. The van der Waals surface area contributed by atoms with Crippen LogP contribution in [0.2, 0.25) is 0 Å². The average molecular weight is 431 g/mol. The second kappa shape index (κ2) is 10.00. The number of hydrogen-bond donors (Lipinski definition) is 0. The first-order valence-electron chi connectivity index (χ1n) is 10.4. The van der Waals surface area contributed by atoms with E-state index in [2.05, 4.69) is 5.73 Å². The van der Waals surface area contributed by atoms with Crippen LogP contribution >= 0.6 is 0 Å². The number of esters is 2. The first-order valence-corrected chi connectivity index (χ1v) is 10.4. The van der Waals surface area contributed by atoms with Crippen molar-refractivity contribution in [2.24, 2.45) is 17.3 Å². The maximum absolute atomic E-state index is 12.8. The summed E-state index contributed by atoms with van der Waals surface area (Å²) in [6, 6.07) is 18.2. The number of hydrogen-bond acceptors (Lipinski definition) is 6. The zero-order chi connectivity index (χ0) is 23.1. The van der Waals surface area contributed by atoms with Crippen LogP contribution in [-0.4, -0.2) is 18.5 Å². The largest absolute Gasteiger partial charge is 0.462 e. The molecule has 0 amide bonds. The first-order chi connectivity index (χ1) is 15.4. The number of ether oxygens (including phenoxy) is 3. The molecule has 6 nitrogen and oxygen atoms in total. The Labute approximate surface area is 187 Å². The molecule has 1 saturated carbocycles. The third kappa shape index (κ3) is 5.46. The molecule has 164 valence electrons. The molecule has 1 aliphatic rings. The van der Waals surface area contributed by atoms with E-state index in [1.807, 2.05) is 50.2 Å². The molecule has 0 unspecified atom stereocenters. The van der Waals surface area contributed by atoms with Crippen LogP contribution in [0.3, 0.4) is 0 Å². The third-order valence-electron chi connectivity index (χ3n) is 5.42. The van der Waals surface area contributed by atoms with Gasteiger partial charge in [0.05, 0.1) is 18.6 Å². The summed E-state index contributed by atoms with van der Waals surface area (Å²) in [7, 11) is 0. The van der Waals surface area contributed by atoms with E-state index in [9.17, 15) is 14.9 Å². The molecule has 6 heteroatoms. The Bertz CT molecular complexity index is 1080. The Morgan fingerprint density at radius 1 is 1.12 bits per heavy atom. The second-order valence-corrected chi connectivity index (χ2v) is 7.99. The van der Waals surface area contributed by atoms with Gasteiger partial charge in [-0.15, -0.1) is 5.73 Å². The molecule has 0 radical (unpaired) electrons. The van der Waals surface area contributed by atoms with Crippen molar-refractivity contribution in [2.75, 3.05) is 6.61 Å². The van der Waals surface area contributed by atoms with Crippen molar-refractivity contribution in [2.45, 2.75) is 26.9 Å². The summed E-state index contributed by atoms with van der Waals surface area (Å²) >= 11 is 0. The van der Waals surface area contributed by atoms with Gasteiger partial charge >= 0.3 is 11.9 Å². The Hall–Kier alpha value is -3.81. The summed E-state index contributed by atoms with van der Waals surface area (Å²) in [6.07, 6.45) is 1.83. The number of carbonyl (C=O) groups excluding carboxylic acids is 2. The number of benzene rings is 2. The molecule has 3 atom stereocenters. The van der Waals surface area contributed by atoms with E-state index in [-0.39, 0.29) is 17.9 Å². The molecule has 0 saturated heterocycles. The highest BCUT2D eigenvalue weighted by Crippen LogP contribution is 2.59. The Balaban J connectivity index is 1.67. The maximum atomic E-state index is 12.8. The second-order valence-electron chi connectivity index (χ2n) is 7.99. The predicted octanol–water partition coefficient (Wildman–Crippen LogP) is 5.13. The van der Waals surface area contributed by atoms with Crippen LogP contribution in [0.1, 0.15) is 32.4 Å². The van der Waals surface area contributed by atoms with Crippen molar-refractivity contribution in [3.63, 3.8) is 0 Å². The van der Waals surface area contributed by atoms with Crippen molar-refractivity contribution in [3.05, 3.63) is 78.0 Å². The van der Waals surface area contributed by atoms with E-state index >= 15 is 0 Å². The zero-order valence-corrected chi connectivity index (χ0v) is 18.3. The molecular weight excluding hydrogens is 406 g/mol. The number of carbonyl (C=O) groups is 2. The van der Waals surface area contributed by atoms with E-state index in [1.54, 1.807) is 37.3 Å². The van der Waals surface area contributed by atoms with Gasteiger partial charge in [0.1, 0.15) is 17.6 Å². The Kier molecular flexibility index (Phi) is 7.14. The van der Waals surface area contributed by atoms with Gasteiger partial charge in [0.15, 0.2) is 0 Å². The van der Waals surface area contributed by atoms with Crippen LogP contribution in [0.15, 0.2) is 72.5 Å². The Morgan fingerprint density at radius 2 is 1.84 bits per heavy atom. The fraction of sp³-hybridized carbons (Fsp3) is 0.308.